The Balaban J connectivity index is 2.24. The highest BCUT2D eigenvalue weighted by Gasteiger charge is 2.35. The van der Waals surface area contributed by atoms with Crippen molar-refractivity contribution < 1.29 is 0 Å². The Kier molecular flexibility index (Phi) is 3.32. The molecule has 2 rings (SSSR count). The molecule has 2 atom stereocenters. The number of hydrogen-bond donors (Lipinski definition) is 0. The largest absolute Gasteiger partial charge is 0.261 e. The van der Waals surface area contributed by atoms with Crippen molar-refractivity contribution in [3.63, 3.8) is 0 Å². The molecule has 1 fully saturated rings. The number of rotatable bonds is 1. The van der Waals surface area contributed by atoms with E-state index in [1.54, 1.807) is 0 Å². The molecule has 0 aliphatic heterocycles. The molecule has 1 aromatic rings. The third kappa shape index (κ3) is 2.45. The second kappa shape index (κ2) is 4.57. The molecule has 0 spiro atoms. The molecular formula is C15H23N. The Labute approximate surface area is 99.3 Å². The summed E-state index contributed by atoms with van der Waals surface area (Å²) in [4.78, 5) is 4.57. The van der Waals surface area contributed by atoms with Crippen molar-refractivity contribution in [2.75, 3.05) is 0 Å². The standard InChI is InChI=1S/C15H23N/c1-15(2,3)13-9-5-4-8-12(13)14-10-6-7-11-16-14/h6-7,10-13H,4-5,8-9H2,1-3H3. The van der Waals surface area contributed by atoms with Gasteiger partial charge in [0.15, 0.2) is 0 Å². The molecule has 0 bridgehead atoms. The van der Waals surface area contributed by atoms with Crippen molar-refractivity contribution >= 4 is 0 Å². The molecule has 1 aliphatic rings. The Hall–Kier alpha value is -0.850. The summed E-state index contributed by atoms with van der Waals surface area (Å²) < 4.78 is 0. The molecule has 0 saturated heterocycles. The molecular weight excluding hydrogens is 194 g/mol. The van der Waals surface area contributed by atoms with Crippen molar-refractivity contribution in [2.45, 2.75) is 52.4 Å². The lowest BCUT2D eigenvalue weighted by Gasteiger charge is -2.40. The van der Waals surface area contributed by atoms with Gasteiger partial charge in [0.25, 0.3) is 0 Å². The fourth-order valence-electron chi connectivity index (χ4n) is 3.12. The van der Waals surface area contributed by atoms with E-state index >= 15 is 0 Å². The molecule has 16 heavy (non-hydrogen) atoms. The van der Waals surface area contributed by atoms with Crippen molar-refractivity contribution in [2.24, 2.45) is 11.3 Å². The van der Waals surface area contributed by atoms with E-state index in [2.05, 4.69) is 37.9 Å². The molecule has 1 nitrogen and oxygen atoms in total. The van der Waals surface area contributed by atoms with Crippen LogP contribution < -0.4 is 0 Å². The predicted octanol–water partition coefficient (Wildman–Crippen LogP) is 4.40. The third-order valence-electron chi connectivity index (χ3n) is 3.95. The summed E-state index contributed by atoms with van der Waals surface area (Å²) in [5.41, 5.74) is 1.71. The fraction of sp³-hybridized carbons (Fsp3) is 0.667. The summed E-state index contributed by atoms with van der Waals surface area (Å²) in [7, 11) is 0. The van der Waals surface area contributed by atoms with Gasteiger partial charge >= 0.3 is 0 Å². The van der Waals surface area contributed by atoms with Gasteiger partial charge < -0.3 is 0 Å². The van der Waals surface area contributed by atoms with Crippen LogP contribution in [0.15, 0.2) is 24.4 Å². The first-order chi connectivity index (χ1) is 7.59. The Morgan fingerprint density at radius 3 is 2.50 bits per heavy atom. The fourth-order valence-corrected chi connectivity index (χ4v) is 3.12. The average molecular weight is 217 g/mol. The second-order valence-corrected chi connectivity index (χ2v) is 6.12. The molecule has 1 heterocycles. The highest BCUT2D eigenvalue weighted by molar-refractivity contribution is 5.12. The van der Waals surface area contributed by atoms with Gasteiger partial charge in [-0.1, -0.05) is 39.7 Å². The third-order valence-corrected chi connectivity index (χ3v) is 3.95. The first-order valence-corrected chi connectivity index (χ1v) is 6.50. The summed E-state index contributed by atoms with van der Waals surface area (Å²) in [6, 6.07) is 6.34. The molecule has 88 valence electrons. The van der Waals surface area contributed by atoms with Crippen LogP contribution in [-0.2, 0) is 0 Å². The van der Waals surface area contributed by atoms with Gasteiger partial charge in [0.05, 0.1) is 0 Å². The van der Waals surface area contributed by atoms with Gasteiger partial charge in [0.1, 0.15) is 0 Å². The first-order valence-electron chi connectivity index (χ1n) is 6.50. The van der Waals surface area contributed by atoms with Gasteiger partial charge in [-0.25, -0.2) is 0 Å². The van der Waals surface area contributed by atoms with Gasteiger partial charge in [-0.3, -0.25) is 4.98 Å². The van der Waals surface area contributed by atoms with Crippen LogP contribution in [0.2, 0.25) is 0 Å². The van der Waals surface area contributed by atoms with E-state index in [-0.39, 0.29) is 0 Å². The van der Waals surface area contributed by atoms with Gasteiger partial charge in [0, 0.05) is 17.8 Å². The lowest BCUT2D eigenvalue weighted by atomic mass is 9.65. The molecule has 1 saturated carbocycles. The van der Waals surface area contributed by atoms with Crippen LogP contribution in [0, 0.1) is 11.3 Å². The minimum atomic E-state index is 0.405. The van der Waals surface area contributed by atoms with Crippen LogP contribution in [0.1, 0.15) is 58.1 Å². The zero-order valence-electron chi connectivity index (χ0n) is 10.7. The van der Waals surface area contributed by atoms with E-state index in [0.29, 0.717) is 11.3 Å². The molecule has 0 aromatic carbocycles. The van der Waals surface area contributed by atoms with Crippen molar-refractivity contribution in [1.82, 2.24) is 4.98 Å². The maximum atomic E-state index is 4.57. The minimum Gasteiger partial charge on any atom is -0.261 e. The summed E-state index contributed by atoms with van der Waals surface area (Å²) in [6.07, 6.45) is 7.38. The normalized spacial score (nSPS) is 26.7. The highest BCUT2D eigenvalue weighted by Crippen LogP contribution is 2.46. The van der Waals surface area contributed by atoms with E-state index in [1.807, 2.05) is 12.3 Å². The van der Waals surface area contributed by atoms with Crippen LogP contribution in [0.25, 0.3) is 0 Å². The summed E-state index contributed by atoms with van der Waals surface area (Å²) in [5, 5.41) is 0. The molecule has 1 aliphatic carbocycles. The van der Waals surface area contributed by atoms with E-state index in [9.17, 15) is 0 Å². The number of hydrogen-bond acceptors (Lipinski definition) is 1. The lowest BCUT2D eigenvalue weighted by Crippen LogP contribution is -2.30. The quantitative estimate of drug-likeness (QED) is 0.679. The van der Waals surface area contributed by atoms with E-state index in [1.165, 1.54) is 31.4 Å². The second-order valence-electron chi connectivity index (χ2n) is 6.12. The Bertz CT molecular complexity index is 323. The molecule has 1 aromatic heterocycles. The van der Waals surface area contributed by atoms with Crippen LogP contribution in [-0.4, -0.2) is 4.98 Å². The SMILES string of the molecule is CC(C)(C)C1CCCCC1c1ccccn1. The van der Waals surface area contributed by atoms with Crippen molar-refractivity contribution in [3.05, 3.63) is 30.1 Å². The lowest BCUT2D eigenvalue weighted by molar-refractivity contribution is 0.148. The predicted molar refractivity (Wildman–Crippen MR) is 68.4 cm³/mol. The smallest absolute Gasteiger partial charge is 0.0437 e. The van der Waals surface area contributed by atoms with Gasteiger partial charge in [0.2, 0.25) is 0 Å². The van der Waals surface area contributed by atoms with Crippen molar-refractivity contribution in [3.8, 4) is 0 Å². The van der Waals surface area contributed by atoms with E-state index in [4.69, 9.17) is 0 Å². The van der Waals surface area contributed by atoms with Crippen LogP contribution in [0.3, 0.4) is 0 Å². The number of aromatic nitrogens is 1. The van der Waals surface area contributed by atoms with Crippen LogP contribution in [0.4, 0.5) is 0 Å². The highest BCUT2D eigenvalue weighted by atomic mass is 14.7. The van der Waals surface area contributed by atoms with E-state index in [0.717, 1.165) is 5.92 Å². The minimum absolute atomic E-state index is 0.405. The summed E-state index contributed by atoms with van der Waals surface area (Å²) in [5.74, 6) is 1.46. The molecule has 1 heteroatoms. The zero-order chi connectivity index (χ0) is 11.6. The molecule has 2 unspecified atom stereocenters. The Morgan fingerprint density at radius 1 is 1.12 bits per heavy atom. The Morgan fingerprint density at radius 2 is 1.88 bits per heavy atom. The number of nitrogens with zero attached hydrogens (tertiary/aromatic N) is 1. The van der Waals surface area contributed by atoms with E-state index < -0.39 is 0 Å². The molecule has 0 amide bonds. The summed E-state index contributed by atoms with van der Waals surface area (Å²) in [6.45, 7) is 7.12. The first kappa shape index (κ1) is 11.6. The van der Waals surface area contributed by atoms with Gasteiger partial charge in [-0.2, -0.15) is 0 Å². The summed E-state index contributed by atoms with van der Waals surface area (Å²) >= 11 is 0. The van der Waals surface area contributed by atoms with Crippen molar-refractivity contribution in [1.29, 1.82) is 0 Å². The molecule has 0 N–H and O–H groups in total. The monoisotopic (exact) mass is 217 g/mol. The zero-order valence-corrected chi connectivity index (χ0v) is 10.7. The van der Waals surface area contributed by atoms with Crippen LogP contribution in [0.5, 0.6) is 0 Å². The molecule has 0 radical (unpaired) electrons. The topological polar surface area (TPSA) is 12.9 Å². The maximum absolute atomic E-state index is 4.57. The maximum Gasteiger partial charge on any atom is 0.0437 e. The van der Waals surface area contributed by atoms with Crippen LogP contribution >= 0.6 is 0 Å². The number of pyridine rings is 1. The van der Waals surface area contributed by atoms with Gasteiger partial charge in [-0.15, -0.1) is 0 Å². The average Bonchev–Trinajstić information content (AvgIpc) is 2.29. The van der Waals surface area contributed by atoms with Gasteiger partial charge in [-0.05, 0) is 36.3 Å².